The van der Waals surface area contributed by atoms with E-state index in [1.165, 1.54) is 0 Å². The molecule has 0 amide bonds. The van der Waals surface area contributed by atoms with E-state index in [1.807, 2.05) is 13.0 Å². The third-order valence-electron chi connectivity index (χ3n) is 2.73. The van der Waals surface area contributed by atoms with E-state index in [2.05, 4.69) is 0 Å². The summed E-state index contributed by atoms with van der Waals surface area (Å²) in [4.78, 5) is 0. The Morgan fingerprint density at radius 3 is 3.00 bits per heavy atom. The predicted molar refractivity (Wildman–Crippen MR) is 65.7 cm³/mol. The van der Waals surface area contributed by atoms with Gasteiger partial charge in [0.2, 0.25) is 0 Å². The van der Waals surface area contributed by atoms with Crippen molar-refractivity contribution in [2.24, 2.45) is 5.73 Å². The van der Waals surface area contributed by atoms with Gasteiger partial charge in [0.05, 0.1) is 5.02 Å². The molecule has 0 aliphatic carbocycles. The Hall–Kier alpha value is -0.970. The summed E-state index contributed by atoms with van der Waals surface area (Å²) >= 11 is 6.10. The molecular formula is C12H16ClNO3. The molecule has 2 unspecified atom stereocenters. The van der Waals surface area contributed by atoms with Gasteiger partial charge in [-0.1, -0.05) is 11.6 Å². The fraction of sp³-hybridized carbons (Fsp3) is 0.500. The highest BCUT2D eigenvalue weighted by atomic mass is 35.5. The van der Waals surface area contributed by atoms with Gasteiger partial charge in [-0.25, -0.2) is 0 Å². The Morgan fingerprint density at radius 1 is 1.59 bits per heavy atom. The molecule has 1 heterocycles. The predicted octanol–water partition coefficient (Wildman–Crippen LogP) is 1.97. The molecule has 5 heteroatoms. The number of benzene rings is 1. The van der Waals surface area contributed by atoms with Gasteiger partial charge in [0.25, 0.3) is 0 Å². The second-order valence-corrected chi connectivity index (χ2v) is 4.57. The first-order valence-electron chi connectivity index (χ1n) is 5.48. The van der Waals surface area contributed by atoms with Crippen molar-refractivity contribution in [2.45, 2.75) is 25.5 Å². The zero-order valence-electron chi connectivity index (χ0n) is 9.90. The largest absolute Gasteiger partial charge is 0.488 e. The number of halogens is 1. The molecule has 2 rings (SSSR count). The summed E-state index contributed by atoms with van der Waals surface area (Å²) in [5, 5.41) is 0.565. The molecule has 0 spiro atoms. The van der Waals surface area contributed by atoms with Gasteiger partial charge in [-0.05, 0) is 18.6 Å². The molecule has 2 N–H and O–H groups in total. The Morgan fingerprint density at radius 2 is 2.35 bits per heavy atom. The molecule has 0 saturated heterocycles. The monoisotopic (exact) mass is 257 g/mol. The van der Waals surface area contributed by atoms with E-state index in [4.69, 9.17) is 31.5 Å². The second-order valence-electron chi connectivity index (χ2n) is 4.16. The lowest BCUT2D eigenvalue weighted by molar-refractivity contribution is 0.0510. The van der Waals surface area contributed by atoms with Crippen LogP contribution >= 0.6 is 11.6 Å². The van der Waals surface area contributed by atoms with Gasteiger partial charge < -0.3 is 19.9 Å². The summed E-state index contributed by atoms with van der Waals surface area (Å²) in [5.74, 6) is 1.36. The van der Waals surface area contributed by atoms with Crippen molar-refractivity contribution >= 4 is 11.6 Å². The third-order valence-corrected chi connectivity index (χ3v) is 3.03. The smallest absolute Gasteiger partial charge is 0.188 e. The molecule has 1 aliphatic heterocycles. The first kappa shape index (κ1) is 12.5. The molecule has 2 atom stereocenters. The number of ether oxygens (including phenoxy) is 3. The van der Waals surface area contributed by atoms with E-state index < -0.39 is 0 Å². The van der Waals surface area contributed by atoms with Crippen molar-refractivity contribution in [3.05, 3.63) is 22.7 Å². The van der Waals surface area contributed by atoms with Crippen LogP contribution in [0.25, 0.3) is 0 Å². The van der Waals surface area contributed by atoms with Crippen molar-refractivity contribution in [1.82, 2.24) is 0 Å². The molecule has 4 nitrogen and oxygen atoms in total. The van der Waals surface area contributed by atoms with Crippen molar-refractivity contribution in [1.29, 1.82) is 0 Å². The zero-order chi connectivity index (χ0) is 12.4. The second kappa shape index (κ2) is 5.12. The standard InChI is InChI=1S/C12H16ClNO3/c1-7(14)10-4-8-3-9(13)12(16-6-15-2)5-11(8)17-10/h3,5,7,10H,4,6,14H2,1-2H3. The lowest BCUT2D eigenvalue weighted by atomic mass is 10.1. The van der Waals surface area contributed by atoms with Crippen LogP contribution in [0.15, 0.2) is 12.1 Å². The molecule has 0 aromatic heterocycles. The van der Waals surface area contributed by atoms with Gasteiger partial charge in [-0.2, -0.15) is 0 Å². The number of nitrogens with two attached hydrogens (primary N) is 1. The maximum absolute atomic E-state index is 6.10. The van der Waals surface area contributed by atoms with Gasteiger partial charge in [-0.3, -0.25) is 0 Å². The number of hydrogen-bond acceptors (Lipinski definition) is 4. The van der Waals surface area contributed by atoms with E-state index in [0.29, 0.717) is 10.8 Å². The quantitative estimate of drug-likeness (QED) is 0.838. The van der Waals surface area contributed by atoms with E-state index >= 15 is 0 Å². The normalized spacial score (nSPS) is 19.6. The van der Waals surface area contributed by atoms with Gasteiger partial charge >= 0.3 is 0 Å². The van der Waals surface area contributed by atoms with Crippen LogP contribution in [-0.4, -0.2) is 26.0 Å². The van der Waals surface area contributed by atoms with Crippen molar-refractivity contribution in [3.8, 4) is 11.5 Å². The van der Waals surface area contributed by atoms with E-state index in [9.17, 15) is 0 Å². The minimum Gasteiger partial charge on any atom is -0.488 e. The van der Waals surface area contributed by atoms with Crippen molar-refractivity contribution < 1.29 is 14.2 Å². The van der Waals surface area contributed by atoms with E-state index in [-0.39, 0.29) is 18.9 Å². The summed E-state index contributed by atoms with van der Waals surface area (Å²) in [6.45, 7) is 2.09. The lowest BCUT2D eigenvalue weighted by Gasteiger charge is -2.14. The zero-order valence-corrected chi connectivity index (χ0v) is 10.7. The topological polar surface area (TPSA) is 53.7 Å². The SMILES string of the molecule is COCOc1cc2c(cc1Cl)CC(C(C)N)O2. The van der Waals surface area contributed by atoms with Crippen LogP contribution in [0.3, 0.4) is 0 Å². The van der Waals surface area contributed by atoms with Crippen LogP contribution in [0.2, 0.25) is 5.02 Å². The van der Waals surface area contributed by atoms with Crippen molar-refractivity contribution in [3.63, 3.8) is 0 Å². The van der Waals surface area contributed by atoms with Gasteiger partial charge in [0.15, 0.2) is 6.79 Å². The number of hydrogen-bond donors (Lipinski definition) is 1. The van der Waals surface area contributed by atoms with Gasteiger partial charge in [0.1, 0.15) is 17.6 Å². The first-order valence-corrected chi connectivity index (χ1v) is 5.86. The Balaban J connectivity index is 2.19. The number of methoxy groups -OCH3 is 1. The third kappa shape index (κ3) is 2.65. The van der Waals surface area contributed by atoms with Crippen LogP contribution in [-0.2, 0) is 11.2 Å². The Labute approximate surface area is 106 Å². The molecule has 0 saturated carbocycles. The molecule has 1 aliphatic rings. The van der Waals surface area contributed by atoms with Crippen LogP contribution in [0, 0.1) is 0 Å². The summed E-state index contributed by atoms with van der Waals surface area (Å²) < 4.78 is 15.9. The highest BCUT2D eigenvalue weighted by Crippen LogP contribution is 2.38. The van der Waals surface area contributed by atoms with Crippen molar-refractivity contribution in [2.75, 3.05) is 13.9 Å². The molecule has 0 radical (unpaired) electrons. The molecule has 1 aromatic rings. The Bertz CT molecular complexity index is 409. The summed E-state index contributed by atoms with van der Waals surface area (Å²) in [6, 6.07) is 3.65. The maximum Gasteiger partial charge on any atom is 0.188 e. The van der Waals surface area contributed by atoms with Crippen LogP contribution in [0.1, 0.15) is 12.5 Å². The fourth-order valence-electron chi connectivity index (χ4n) is 1.79. The highest BCUT2D eigenvalue weighted by molar-refractivity contribution is 6.32. The Kier molecular flexibility index (Phi) is 3.76. The average molecular weight is 258 g/mol. The maximum atomic E-state index is 6.10. The first-order chi connectivity index (χ1) is 8.11. The van der Waals surface area contributed by atoms with Gasteiger partial charge in [-0.15, -0.1) is 0 Å². The molecule has 0 bridgehead atoms. The summed E-state index contributed by atoms with van der Waals surface area (Å²) in [7, 11) is 1.56. The minimum atomic E-state index is -0.00970. The molecule has 0 fully saturated rings. The number of fused-ring (bicyclic) bond motifs is 1. The molecule has 17 heavy (non-hydrogen) atoms. The minimum absolute atomic E-state index is 0.00970. The highest BCUT2D eigenvalue weighted by Gasteiger charge is 2.27. The van der Waals surface area contributed by atoms with Crippen LogP contribution in [0.4, 0.5) is 0 Å². The summed E-state index contributed by atoms with van der Waals surface area (Å²) in [5.41, 5.74) is 6.90. The average Bonchev–Trinajstić information content (AvgIpc) is 2.68. The fourth-order valence-corrected chi connectivity index (χ4v) is 2.03. The van der Waals surface area contributed by atoms with E-state index in [1.54, 1.807) is 13.2 Å². The van der Waals surface area contributed by atoms with E-state index in [0.717, 1.165) is 17.7 Å². The molecule has 1 aromatic carbocycles. The van der Waals surface area contributed by atoms with Crippen LogP contribution < -0.4 is 15.2 Å². The molecular weight excluding hydrogens is 242 g/mol. The summed E-state index contributed by atoms with van der Waals surface area (Å²) in [6.07, 6.45) is 0.802. The lowest BCUT2D eigenvalue weighted by Crippen LogP contribution is -2.34. The number of rotatable bonds is 4. The van der Waals surface area contributed by atoms with Gasteiger partial charge in [0, 0.05) is 25.6 Å². The van der Waals surface area contributed by atoms with Crippen LogP contribution in [0.5, 0.6) is 11.5 Å². The molecule has 94 valence electrons.